The Morgan fingerprint density at radius 3 is 2.50 bits per heavy atom. The average molecular weight is 362 g/mol. The highest BCUT2D eigenvalue weighted by Gasteiger charge is 2.40. The van der Waals surface area contributed by atoms with Crippen LogP contribution in [0.1, 0.15) is 30.1 Å². The van der Waals surface area contributed by atoms with Gasteiger partial charge in [-0.2, -0.15) is 21.6 Å². The van der Waals surface area contributed by atoms with Gasteiger partial charge in [0.2, 0.25) is 0 Å². The predicted octanol–water partition coefficient (Wildman–Crippen LogP) is 2.32. The van der Waals surface area contributed by atoms with E-state index in [0.29, 0.717) is 16.2 Å². The van der Waals surface area contributed by atoms with Crippen molar-refractivity contribution >= 4 is 15.7 Å². The van der Waals surface area contributed by atoms with E-state index in [4.69, 9.17) is 0 Å². The van der Waals surface area contributed by atoms with Gasteiger partial charge in [0.15, 0.2) is 5.82 Å². The third-order valence-electron chi connectivity index (χ3n) is 3.44. The number of halogens is 3. The van der Waals surface area contributed by atoms with Crippen molar-refractivity contribution in [2.75, 3.05) is 0 Å². The molecule has 2 aromatic rings. The smallest absolute Gasteiger partial charge is 0.258 e. The van der Waals surface area contributed by atoms with Crippen molar-refractivity contribution in [1.82, 2.24) is 14.2 Å². The molecule has 0 unspecified atom stereocenters. The van der Waals surface area contributed by atoms with Crippen LogP contribution in [0.4, 0.5) is 18.9 Å². The van der Waals surface area contributed by atoms with E-state index >= 15 is 0 Å². The molecular weight excluding hydrogens is 353 g/mol. The highest BCUT2D eigenvalue weighted by molar-refractivity contribution is 7.89. The Balaban J connectivity index is 2.13. The van der Waals surface area contributed by atoms with Crippen molar-refractivity contribution in [2.24, 2.45) is 0 Å². The number of alkyl halides is 3. The van der Waals surface area contributed by atoms with E-state index in [1.165, 1.54) is 0 Å². The molecule has 12 heteroatoms. The van der Waals surface area contributed by atoms with E-state index in [2.05, 4.69) is 10.1 Å². The van der Waals surface area contributed by atoms with Gasteiger partial charge in [-0.1, -0.05) is 0 Å². The molecule has 1 aromatic heterocycles. The lowest BCUT2D eigenvalue weighted by Crippen LogP contribution is -2.19. The summed E-state index contributed by atoms with van der Waals surface area (Å²) >= 11 is 0. The Kier molecular flexibility index (Phi) is 3.59. The maximum atomic E-state index is 13.1. The number of hydrogen-bond donors (Lipinski definition) is 0. The zero-order valence-corrected chi connectivity index (χ0v) is 12.6. The molecule has 24 heavy (non-hydrogen) atoms. The fourth-order valence-corrected chi connectivity index (χ4v) is 3.34. The van der Waals surface area contributed by atoms with Crippen molar-refractivity contribution in [3.63, 3.8) is 0 Å². The maximum absolute atomic E-state index is 13.1. The molecule has 0 radical (unpaired) electrons. The van der Waals surface area contributed by atoms with Crippen LogP contribution in [0.3, 0.4) is 0 Å². The van der Waals surface area contributed by atoms with Crippen LogP contribution < -0.4 is 0 Å². The molecule has 1 saturated carbocycles. The molecule has 3 rings (SSSR count). The van der Waals surface area contributed by atoms with Gasteiger partial charge in [-0.05, 0) is 18.9 Å². The summed E-state index contributed by atoms with van der Waals surface area (Å²) < 4.78 is 64.7. The van der Waals surface area contributed by atoms with E-state index in [1.54, 1.807) is 0 Å². The molecule has 0 aliphatic heterocycles. The Bertz CT molecular complexity index is 919. The average Bonchev–Trinajstić information content (AvgIpc) is 3.22. The number of nitro groups is 1. The fraction of sp³-hybridized carbons (Fsp3) is 0.333. The SMILES string of the molecule is O=[N+]([O-])c1ccc(S(=O)(=O)n2cnc(C3CC3)n2)c(C(F)(F)F)c1. The minimum absolute atomic E-state index is 0.0143. The molecule has 1 aliphatic rings. The molecule has 1 heterocycles. The van der Waals surface area contributed by atoms with Crippen LogP contribution in [0, 0.1) is 10.1 Å². The maximum Gasteiger partial charge on any atom is 0.417 e. The first-order valence-electron chi connectivity index (χ1n) is 6.63. The normalized spacial score (nSPS) is 15.5. The summed E-state index contributed by atoms with van der Waals surface area (Å²) in [5.74, 6) is 0.259. The molecule has 0 atom stereocenters. The number of nitro benzene ring substituents is 1. The number of aromatic nitrogens is 3. The molecule has 1 fully saturated rings. The number of nitrogens with zero attached hydrogens (tertiary/aromatic N) is 4. The van der Waals surface area contributed by atoms with Crippen LogP contribution >= 0.6 is 0 Å². The van der Waals surface area contributed by atoms with Gasteiger partial charge >= 0.3 is 6.18 Å². The summed E-state index contributed by atoms with van der Waals surface area (Å²) in [4.78, 5) is 12.3. The van der Waals surface area contributed by atoms with E-state index in [1.807, 2.05) is 0 Å². The number of hydrogen-bond acceptors (Lipinski definition) is 6. The summed E-state index contributed by atoms with van der Waals surface area (Å²) in [6, 6.07) is 1.43. The van der Waals surface area contributed by atoms with Crippen molar-refractivity contribution in [3.8, 4) is 0 Å². The van der Waals surface area contributed by atoms with E-state index in [-0.39, 0.29) is 17.8 Å². The van der Waals surface area contributed by atoms with Crippen molar-refractivity contribution < 1.29 is 26.5 Å². The lowest BCUT2D eigenvalue weighted by molar-refractivity contribution is -0.385. The van der Waals surface area contributed by atoms with Crippen LogP contribution in [0.25, 0.3) is 0 Å². The third kappa shape index (κ3) is 2.84. The molecule has 0 spiro atoms. The van der Waals surface area contributed by atoms with Crippen molar-refractivity contribution in [2.45, 2.75) is 29.8 Å². The monoisotopic (exact) mass is 362 g/mol. The fourth-order valence-electron chi connectivity index (χ4n) is 2.08. The minimum atomic E-state index is -5.09. The Hall–Kier alpha value is -2.50. The van der Waals surface area contributed by atoms with Gasteiger partial charge in [0.05, 0.1) is 10.5 Å². The molecule has 0 N–H and O–H groups in total. The number of rotatable bonds is 4. The van der Waals surface area contributed by atoms with Crippen LogP contribution in [0.15, 0.2) is 29.4 Å². The zero-order valence-electron chi connectivity index (χ0n) is 11.8. The summed E-state index contributed by atoms with van der Waals surface area (Å²) in [7, 11) is -4.68. The van der Waals surface area contributed by atoms with Crippen molar-refractivity contribution in [1.29, 1.82) is 0 Å². The second-order valence-electron chi connectivity index (χ2n) is 5.19. The molecule has 1 aromatic carbocycles. The molecular formula is C12H9F3N4O4S. The third-order valence-corrected chi connectivity index (χ3v) is 5.02. The highest BCUT2D eigenvalue weighted by atomic mass is 32.2. The number of benzene rings is 1. The summed E-state index contributed by atoms with van der Waals surface area (Å²) in [6.07, 6.45) is -2.69. The molecule has 0 saturated heterocycles. The lowest BCUT2D eigenvalue weighted by Gasteiger charge is -2.12. The first-order chi connectivity index (χ1) is 11.1. The Morgan fingerprint density at radius 1 is 1.29 bits per heavy atom. The van der Waals surface area contributed by atoms with Gasteiger partial charge in [-0.3, -0.25) is 10.1 Å². The highest BCUT2D eigenvalue weighted by Crippen LogP contribution is 2.39. The van der Waals surface area contributed by atoms with Crippen LogP contribution in [0.2, 0.25) is 0 Å². The largest absolute Gasteiger partial charge is 0.417 e. The summed E-state index contributed by atoms with van der Waals surface area (Å²) in [5.41, 5.74) is -2.49. The van der Waals surface area contributed by atoms with Gasteiger partial charge in [0.1, 0.15) is 11.2 Å². The first-order valence-corrected chi connectivity index (χ1v) is 8.07. The van der Waals surface area contributed by atoms with Gasteiger partial charge in [-0.15, -0.1) is 9.19 Å². The van der Waals surface area contributed by atoms with Gasteiger partial charge in [0, 0.05) is 18.1 Å². The standard InChI is InChI=1S/C12H9F3N4O4S/c13-12(14,15)9-5-8(19(20)21)3-4-10(9)24(22,23)18-6-16-11(17-18)7-1-2-7/h3-7H,1-2H2. The molecule has 128 valence electrons. The second-order valence-corrected chi connectivity index (χ2v) is 6.95. The van der Waals surface area contributed by atoms with Crippen LogP contribution in [-0.2, 0) is 16.2 Å². The minimum Gasteiger partial charge on any atom is -0.258 e. The van der Waals surface area contributed by atoms with Crippen LogP contribution in [0.5, 0.6) is 0 Å². The molecule has 0 bridgehead atoms. The molecule has 8 nitrogen and oxygen atoms in total. The van der Waals surface area contributed by atoms with Gasteiger partial charge < -0.3 is 0 Å². The van der Waals surface area contributed by atoms with Gasteiger partial charge in [0.25, 0.3) is 15.7 Å². The lowest BCUT2D eigenvalue weighted by atomic mass is 10.2. The van der Waals surface area contributed by atoms with E-state index in [0.717, 1.165) is 19.2 Å². The number of non-ortho nitro benzene ring substituents is 1. The summed E-state index contributed by atoms with van der Waals surface area (Å²) in [6.45, 7) is 0. The van der Waals surface area contributed by atoms with E-state index in [9.17, 15) is 31.7 Å². The Labute approximate surface area is 133 Å². The Morgan fingerprint density at radius 2 is 1.96 bits per heavy atom. The summed E-state index contributed by atoms with van der Waals surface area (Å²) in [5, 5.41) is 14.4. The van der Waals surface area contributed by atoms with E-state index < -0.39 is 37.3 Å². The quantitative estimate of drug-likeness (QED) is 0.610. The topological polar surface area (TPSA) is 108 Å². The van der Waals surface area contributed by atoms with Gasteiger partial charge in [-0.25, -0.2) is 4.98 Å². The molecule has 1 aliphatic carbocycles. The predicted molar refractivity (Wildman–Crippen MR) is 72.7 cm³/mol. The zero-order chi connectivity index (χ0) is 17.7. The van der Waals surface area contributed by atoms with Crippen molar-refractivity contribution in [3.05, 3.63) is 46.0 Å². The van der Waals surface area contributed by atoms with Crippen LogP contribution in [-0.4, -0.2) is 27.5 Å². The first kappa shape index (κ1) is 16.4. The molecule has 0 amide bonds. The second kappa shape index (κ2) is 5.26.